The van der Waals surface area contributed by atoms with E-state index in [1.807, 2.05) is 71.6 Å². The second-order valence-corrected chi connectivity index (χ2v) is 6.97. The molecule has 5 rings (SSSR count). The molecule has 0 N–H and O–H groups in total. The van der Waals surface area contributed by atoms with Gasteiger partial charge in [-0.05, 0) is 23.3 Å². The van der Waals surface area contributed by atoms with Gasteiger partial charge in [-0.1, -0.05) is 78.9 Å². The van der Waals surface area contributed by atoms with Crippen molar-refractivity contribution in [3.63, 3.8) is 0 Å². The molecule has 0 saturated carbocycles. The summed E-state index contributed by atoms with van der Waals surface area (Å²) in [6.45, 7) is 0.607. The molecule has 1 saturated heterocycles. The number of likely N-dealkylation sites (tertiary alicyclic amines) is 1. The predicted octanol–water partition coefficient (Wildman–Crippen LogP) is 5.30. The molecule has 4 aromatic rings. The molecule has 0 aliphatic carbocycles. The number of β-lactam (4-membered cyclic amide) rings is 1. The number of furan rings is 1. The van der Waals surface area contributed by atoms with Gasteiger partial charge in [-0.15, -0.1) is 0 Å². The number of hydrogen-bond acceptors (Lipinski definition) is 2. The van der Waals surface area contributed by atoms with Crippen molar-refractivity contribution in [1.82, 2.24) is 4.90 Å². The second kappa shape index (κ2) is 6.44. The first-order valence-electron chi connectivity index (χ1n) is 9.19. The molecule has 2 heterocycles. The summed E-state index contributed by atoms with van der Waals surface area (Å²) in [5.41, 5.74) is 3.10. The molecule has 132 valence electrons. The van der Waals surface area contributed by atoms with E-state index in [0.717, 1.165) is 27.9 Å². The molecule has 3 heteroatoms. The Bertz CT molecular complexity index is 1050. The van der Waals surface area contributed by atoms with Crippen molar-refractivity contribution in [2.75, 3.05) is 0 Å². The largest absolute Gasteiger partial charge is 0.460 e. The number of amides is 1. The third-order valence-corrected chi connectivity index (χ3v) is 5.29. The number of carbonyl (C=O) groups excluding carboxylic acids is 1. The molecule has 0 spiro atoms. The molecule has 1 aromatic heterocycles. The highest BCUT2D eigenvalue weighted by molar-refractivity contribution is 5.92. The number of hydrogen-bond donors (Lipinski definition) is 0. The third kappa shape index (κ3) is 2.72. The Balaban J connectivity index is 1.53. The fourth-order valence-electron chi connectivity index (χ4n) is 3.96. The van der Waals surface area contributed by atoms with E-state index < -0.39 is 0 Å². The number of para-hydroxylation sites is 1. The lowest BCUT2D eigenvalue weighted by Crippen LogP contribution is -2.52. The topological polar surface area (TPSA) is 33.5 Å². The monoisotopic (exact) mass is 353 g/mol. The summed E-state index contributed by atoms with van der Waals surface area (Å²) in [7, 11) is 0. The molecule has 0 bridgehead atoms. The maximum absolute atomic E-state index is 13.1. The Hall–Kier alpha value is -3.33. The number of carbonyl (C=O) groups is 1. The fraction of sp³-hybridized carbons (Fsp3) is 0.125. The van der Waals surface area contributed by atoms with E-state index in [0.29, 0.717) is 6.54 Å². The van der Waals surface area contributed by atoms with Gasteiger partial charge in [-0.3, -0.25) is 4.79 Å². The standard InChI is InChI=1S/C24H19NO2/c26-24-22(21-15-19-13-7-8-14-20(19)27-21)23(18-11-5-2-6-12-18)25(24)16-17-9-3-1-4-10-17/h1-15,22-23H,16H2. The van der Waals surface area contributed by atoms with Crippen LogP contribution >= 0.6 is 0 Å². The molecule has 3 aromatic carbocycles. The van der Waals surface area contributed by atoms with Gasteiger partial charge in [0.25, 0.3) is 0 Å². The lowest BCUT2D eigenvalue weighted by molar-refractivity contribution is -0.152. The van der Waals surface area contributed by atoms with E-state index in [1.165, 1.54) is 0 Å². The van der Waals surface area contributed by atoms with E-state index in [9.17, 15) is 4.79 Å². The normalized spacial score (nSPS) is 19.3. The van der Waals surface area contributed by atoms with Gasteiger partial charge in [0.15, 0.2) is 0 Å². The summed E-state index contributed by atoms with van der Waals surface area (Å²) in [6, 6.07) is 30.2. The van der Waals surface area contributed by atoms with Crippen molar-refractivity contribution in [3.8, 4) is 0 Å². The van der Waals surface area contributed by atoms with E-state index >= 15 is 0 Å². The molecule has 1 aliphatic heterocycles. The van der Waals surface area contributed by atoms with Crippen molar-refractivity contribution in [2.24, 2.45) is 0 Å². The Morgan fingerprint density at radius 2 is 1.48 bits per heavy atom. The summed E-state index contributed by atoms with van der Waals surface area (Å²) in [6.07, 6.45) is 0. The van der Waals surface area contributed by atoms with Crippen LogP contribution in [0, 0.1) is 0 Å². The summed E-state index contributed by atoms with van der Waals surface area (Å²) >= 11 is 0. The van der Waals surface area contributed by atoms with E-state index in [4.69, 9.17) is 4.42 Å². The summed E-state index contributed by atoms with van der Waals surface area (Å²) < 4.78 is 6.05. The number of fused-ring (bicyclic) bond motifs is 1. The SMILES string of the molecule is O=C1C(c2cc3ccccc3o2)C(c2ccccc2)N1Cc1ccccc1. The third-order valence-electron chi connectivity index (χ3n) is 5.29. The summed E-state index contributed by atoms with van der Waals surface area (Å²) in [5, 5.41) is 1.04. The molecule has 2 unspecified atom stereocenters. The first kappa shape index (κ1) is 15.9. The lowest BCUT2D eigenvalue weighted by atomic mass is 9.80. The zero-order valence-corrected chi connectivity index (χ0v) is 14.8. The first-order chi connectivity index (χ1) is 13.3. The van der Waals surface area contributed by atoms with Crippen molar-refractivity contribution < 1.29 is 9.21 Å². The number of rotatable bonds is 4. The highest BCUT2D eigenvalue weighted by atomic mass is 16.3. The maximum Gasteiger partial charge on any atom is 0.236 e. The van der Waals surface area contributed by atoms with Gasteiger partial charge in [0.05, 0.1) is 6.04 Å². The zero-order valence-electron chi connectivity index (χ0n) is 14.8. The molecule has 27 heavy (non-hydrogen) atoms. The van der Waals surface area contributed by atoms with Crippen molar-refractivity contribution >= 4 is 16.9 Å². The fourth-order valence-corrected chi connectivity index (χ4v) is 3.96. The van der Waals surface area contributed by atoms with Crippen LogP contribution < -0.4 is 0 Å². The first-order valence-corrected chi connectivity index (χ1v) is 9.19. The van der Waals surface area contributed by atoms with Crippen molar-refractivity contribution in [3.05, 3.63) is 108 Å². The number of benzene rings is 3. The minimum atomic E-state index is -0.275. The molecular weight excluding hydrogens is 334 g/mol. The van der Waals surface area contributed by atoms with E-state index in [-0.39, 0.29) is 17.9 Å². The molecular formula is C24H19NO2. The van der Waals surface area contributed by atoms with Crippen molar-refractivity contribution in [1.29, 1.82) is 0 Å². The predicted molar refractivity (Wildman–Crippen MR) is 105 cm³/mol. The number of nitrogens with zero attached hydrogens (tertiary/aromatic N) is 1. The smallest absolute Gasteiger partial charge is 0.236 e. The van der Waals surface area contributed by atoms with Crippen LogP contribution in [0.25, 0.3) is 11.0 Å². The van der Waals surface area contributed by atoms with Crippen LogP contribution in [0.1, 0.15) is 28.8 Å². The van der Waals surface area contributed by atoms with Crippen LogP contribution in [0.2, 0.25) is 0 Å². The molecule has 1 aliphatic rings. The maximum atomic E-state index is 13.1. The molecule has 2 atom stereocenters. The highest BCUT2D eigenvalue weighted by Gasteiger charge is 2.50. The zero-order chi connectivity index (χ0) is 18.2. The average Bonchev–Trinajstić information content (AvgIpc) is 3.14. The Morgan fingerprint density at radius 3 is 2.22 bits per heavy atom. The van der Waals surface area contributed by atoms with Crippen LogP contribution in [-0.4, -0.2) is 10.8 Å². The molecule has 0 radical (unpaired) electrons. The van der Waals surface area contributed by atoms with Crippen molar-refractivity contribution in [2.45, 2.75) is 18.5 Å². The Kier molecular flexibility index (Phi) is 3.79. The molecule has 1 amide bonds. The van der Waals surface area contributed by atoms with Crippen LogP contribution in [0.4, 0.5) is 0 Å². The second-order valence-electron chi connectivity index (χ2n) is 6.97. The van der Waals surface area contributed by atoms with Crippen LogP contribution in [0.5, 0.6) is 0 Å². The summed E-state index contributed by atoms with van der Waals surface area (Å²) in [5.74, 6) is 0.592. The minimum absolute atomic E-state index is 0.0144. The van der Waals surface area contributed by atoms with Gasteiger partial charge in [-0.2, -0.15) is 0 Å². The van der Waals surface area contributed by atoms with Gasteiger partial charge in [0, 0.05) is 11.9 Å². The minimum Gasteiger partial charge on any atom is -0.460 e. The van der Waals surface area contributed by atoms with Crippen LogP contribution in [0.15, 0.2) is 95.4 Å². The molecule has 3 nitrogen and oxygen atoms in total. The summed E-state index contributed by atoms with van der Waals surface area (Å²) in [4.78, 5) is 15.0. The van der Waals surface area contributed by atoms with Gasteiger partial charge in [0.2, 0.25) is 5.91 Å². The Labute approximate surface area is 157 Å². The van der Waals surface area contributed by atoms with E-state index in [1.54, 1.807) is 0 Å². The molecule has 1 fully saturated rings. The van der Waals surface area contributed by atoms with Gasteiger partial charge < -0.3 is 9.32 Å². The average molecular weight is 353 g/mol. The lowest BCUT2D eigenvalue weighted by Gasteiger charge is -2.46. The van der Waals surface area contributed by atoms with Gasteiger partial charge in [0.1, 0.15) is 17.3 Å². The quantitative estimate of drug-likeness (QED) is 0.467. The van der Waals surface area contributed by atoms with Crippen LogP contribution in [-0.2, 0) is 11.3 Å². The van der Waals surface area contributed by atoms with Gasteiger partial charge >= 0.3 is 0 Å². The van der Waals surface area contributed by atoms with E-state index in [2.05, 4.69) is 24.3 Å². The van der Waals surface area contributed by atoms with Gasteiger partial charge in [-0.25, -0.2) is 0 Å². The highest BCUT2D eigenvalue weighted by Crippen LogP contribution is 2.48. The Morgan fingerprint density at radius 1 is 0.815 bits per heavy atom. The van der Waals surface area contributed by atoms with Crippen LogP contribution in [0.3, 0.4) is 0 Å².